The second-order valence-corrected chi connectivity index (χ2v) is 8.62. The number of hydrogen-bond donors (Lipinski definition) is 1. The summed E-state index contributed by atoms with van der Waals surface area (Å²) in [4.78, 5) is 19.1. The Morgan fingerprint density at radius 2 is 1.87 bits per heavy atom. The molecule has 0 atom stereocenters. The fourth-order valence-corrected chi connectivity index (χ4v) is 4.83. The molecular formula is C24H25F2N3O2. The molecule has 1 saturated carbocycles. The molecule has 7 heteroatoms. The fourth-order valence-electron chi connectivity index (χ4n) is 4.83. The predicted octanol–water partition coefficient (Wildman–Crippen LogP) is 4.88. The number of rotatable bonds is 4. The number of hydrogen-bond acceptors (Lipinski definition) is 4. The number of carbonyl (C=O) groups is 1. The molecule has 31 heavy (non-hydrogen) atoms. The summed E-state index contributed by atoms with van der Waals surface area (Å²) in [5.41, 5.74) is 3.12. The molecule has 0 spiro atoms. The van der Waals surface area contributed by atoms with E-state index in [2.05, 4.69) is 10.3 Å². The molecule has 1 aliphatic carbocycles. The van der Waals surface area contributed by atoms with E-state index in [0.717, 1.165) is 47.9 Å². The smallest absolute Gasteiger partial charge is 0.261 e. The third-order valence-electron chi connectivity index (χ3n) is 6.55. The van der Waals surface area contributed by atoms with Crippen LogP contribution in [0.3, 0.4) is 0 Å². The molecule has 3 aromatic rings. The van der Waals surface area contributed by atoms with E-state index in [-0.39, 0.29) is 31.0 Å². The molecule has 0 unspecified atom stereocenters. The van der Waals surface area contributed by atoms with Crippen molar-refractivity contribution in [3.63, 3.8) is 0 Å². The third-order valence-corrected chi connectivity index (χ3v) is 6.55. The SMILES string of the molecule is O=C(N[C@H]1CC[C@H](N2CCC(F)(F)C2)CC1)c1ccc(-c2nccc3occc23)cc1. The summed E-state index contributed by atoms with van der Waals surface area (Å²) in [5.74, 6) is -2.65. The van der Waals surface area contributed by atoms with Gasteiger partial charge < -0.3 is 9.73 Å². The third kappa shape index (κ3) is 4.19. The van der Waals surface area contributed by atoms with Crippen molar-refractivity contribution in [2.75, 3.05) is 13.1 Å². The largest absolute Gasteiger partial charge is 0.464 e. The summed E-state index contributed by atoms with van der Waals surface area (Å²) in [6.07, 6.45) is 6.65. The molecule has 5 nitrogen and oxygen atoms in total. The monoisotopic (exact) mass is 425 g/mol. The van der Waals surface area contributed by atoms with Crippen LogP contribution in [0, 0.1) is 0 Å². The summed E-state index contributed by atoms with van der Waals surface area (Å²) in [5, 5.41) is 4.05. The number of pyridine rings is 1. The van der Waals surface area contributed by atoms with Crippen LogP contribution < -0.4 is 5.32 Å². The van der Waals surface area contributed by atoms with E-state index < -0.39 is 5.92 Å². The number of alkyl halides is 2. The van der Waals surface area contributed by atoms with Gasteiger partial charge in [-0.25, -0.2) is 8.78 Å². The van der Waals surface area contributed by atoms with Crippen molar-refractivity contribution in [3.05, 3.63) is 54.4 Å². The van der Waals surface area contributed by atoms with Gasteiger partial charge in [0, 0.05) is 47.8 Å². The van der Waals surface area contributed by atoms with E-state index in [4.69, 9.17) is 4.42 Å². The molecule has 2 fully saturated rings. The average molecular weight is 425 g/mol. The molecule has 1 aromatic carbocycles. The van der Waals surface area contributed by atoms with E-state index in [0.29, 0.717) is 12.1 Å². The minimum absolute atomic E-state index is 0.0374. The molecule has 5 rings (SSSR count). The Morgan fingerprint density at radius 1 is 1.10 bits per heavy atom. The van der Waals surface area contributed by atoms with Gasteiger partial charge in [0.1, 0.15) is 5.58 Å². The van der Waals surface area contributed by atoms with Crippen LogP contribution in [0.4, 0.5) is 8.78 Å². The highest BCUT2D eigenvalue weighted by molar-refractivity contribution is 5.96. The van der Waals surface area contributed by atoms with Crippen LogP contribution in [0.25, 0.3) is 22.2 Å². The van der Waals surface area contributed by atoms with Crippen LogP contribution in [0.5, 0.6) is 0 Å². The average Bonchev–Trinajstić information content (AvgIpc) is 3.40. The van der Waals surface area contributed by atoms with Crippen LogP contribution in [0.1, 0.15) is 42.5 Å². The number of likely N-dealkylation sites (tertiary alicyclic amines) is 1. The van der Waals surface area contributed by atoms with Crippen LogP contribution in [0.2, 0.25) is 0 Å². The lowest BCUT2D eigenvalue weighted by atomic mass is 9.90. The van der Waals surface area contributed by atoms with E-state index in [1.807, 2.05) is 41.3 Å². The van der Waals surface area contributed by atoms with E-state index in [1.54, 1.807) is 12.5 Å². The lowest BCUT2D eigenvalue weighted by Gasteiger charge is -2.34. The van der Waals surface area contributed by atoms with Gasteiger partial charge in [0.2, 0.25) is 0 Å². The number of carbonyl (C=O) groups excluding carboxylic acids is 1. The van der Waals surface area contributed by atoms with Crippen molar-refractivity contribution < 1.29 is 18.0 Å². The van der Waals surface area contributed by atoms with Gasteiger partial charge in [-0.05, 0) is 49.9 Å². The van der Waals surface area contributed by atoms with Crippen molar-refractivity contribution in [1.82, 2.24) is 15.2 Å². The Balaban J connectivity index is 1.18. The Morgan fingerprint density at radius 3 is 2.58 bits per heavy atom. The summed E-state index contributed by atoms with van der Waals surface area (Å²) >= 11 is 0. The summed E-state index contributed by atoms with van der Waals surface area (Å²) in [6.45, 7) is 0.352. The lowest BCUT2D eigenvalue weighted by Crippen LogP contribution is -2.43. The van der Waals surface area contributed by atoms with E-state index >= 15 is 0 Å². The highest BCUT2D eigenvalue weighted by atomic mass is 19.3. The molecule has 1 amide bonds. The lowest BCUT2D eigenvalue weighted by molar-refractivity contribution is 0.00505. The highest BCUT2D eigenvalue weighted by Gasteiger charge is 2.41. The predicted molar refractivity (Wildman–Crippen MR) is 114 cm³/mol. The minimum Gasteiger partial charge on any atom is -0.464 e. The molecule has 2 aliphatic rings. The quantitative estimate of drug-likeness (QED) is 0.648. The van der Waals surface area contributed by atoms with Gasteiger partial charge in [0.05, 0.1) is 18.5 Å². The zero-order valence-corrected chi connectivity index (χ0v) is 17.2. The normalized spacial score (nSPS) is 23.8. The maximum atomic E-state index is 13.5. The number of halogens is 2. The maximum absolute atomic E-state index is 13.5. The van der Waals surface area contributed by atoms with Crippen LogP contribution in [-0.2, 0) is 0 Å². The molecular weight excluding hydrogens is 400 g/mol. The maximum Gasteiger partial charge on any atom is 0.261 e. The van der Waals surface area contributed by atoms with Crippen molar-refractivity contribution in [1.29, 1.82) is 0 Å². The second kappa shape index (κ2) is 8.04. The molecule has 1 aliphatic heterocycles. The summed E-state index contributed by atoms with van der Waals surface area (Å²) < 4.78 is 32.4. The standard InChI is InChI=1S/C24H25F2N3O2/c25-24(26)11-13-29(15-24)19-7-5-18(6-8-19)28-23(30)17-3-1-16(2-4-17)22-20-10-14-31-21(20)9-12-27-22/h1-4,9-10,12,14,18-19H,5-8,11,13,15H2,(H,28,30)/t18-,19-. The first kappa shape index (κ1) is 20.1. The first-order valence-corrected chi connectivity index (χ1v) is 10.8. The zero-order chi connectivity index (χ0) is 21.4. The first-order chi connectivity index (χ1) is 15.0. The highest BCUT2D eigenvalue weighted by Crippen LogP contribution is 2.33. The zero-order valence-electron chi connectivity index (χ0n) is 17.2. The molecule has 1 N–H and O–H groups in total. The van der Waals surface area contributed by atoms with Gasteiger partial charge >= 0.3 is 0 Å². The molecule has 3 heterocycles. The van der Waals surface area contributed by atoms with Crippen LogP contribution in [-0.4, -0.2) is 46.9 Å². The topological polar surface area (TPSA) is 58.4 Å². The van der Waals surface area contributed by atoms with Gasteiger partial charge in [0.15, 0.2) is 0 Å². The van der Waals surface area contributed by atoms with E-state index in [9.17, 15) is 13.6 Å². The Bertz CT molecular complexity index is 1070. The fraction of sp³-hybridized carbons (Fsp3) is 0.417. The number of fused-ring (bicyclic) bond motifs is 1. The van der Waals surface area contributed by atoms with E-state index in [1.165, 1.54) is 0 Å². The Labute approximate surface area is 179 Å². The van der Waals surface area contributed by atoms with Crippen molar-refractivity contribution >= 4 is 16.9 Å². The number of aromatic nitrogens is 1. The summed E-state index contributed by atoms with van der Waals surface area (Å²) in [6, 6.07) is 11.4. The minimum atomic E-state index is -2.55. The molecule has 2 aromatic heterocycles. The molecule has 0 radical (unpaired) electrons. The molecule has 0 bridgehead atoms. The van der Waals surface area contributed by atoms with Crippen LogP contribution >= 0.6 is 0 Å². The Kier molecular flexibility index (Phi) is 5.22. The van der Waals surface area contributed by atoms with Gasteiger partial charge in [-0.3, -0.25) is 14.7 Å². The number of furan rings is 1. The molecule has 162 valence electrons. The van der Waals surface area contributed by atoms with Crippen molar-refractivity contribution in [2.45, 2.75) is 50.1 Å². The van der Waals surface area contributed by atoms with Crippen LogP contribution in [0.15, 0.2) is 53.3 Å². The number of nitrogens with zero attached hydrogens (tertiary/aromatic N) is 2. The number of nitrogens with one attached hydrogen (secondary N) is 1. The Hall–Kier alpha value is -2.80. The van der Waals surface area contributed by atoms with Gasteiger partial charge in [-0.15, -0.1) is 0 Å². The van der Waals surface area contributed by atoms with Gasteiger partial charge in [-0.1, -0.05) is 12.1 Å². The second-order valence-electron chi connectivity index (χ2n) is 8.62. The number of amides is 1. The van der Waals surface area contributed by atoms with Crippen molar-refractivity contribution in [3.8, 4) is 11.3 Å². The summed E-state index contributed by atoms with van der Waals surface area (Å²) in [7, 11) is 0. The first-order valence-electron chi connectivity index (χ1n) is 10.8. The van der Waals surface area contributed by atoms with Crippen molar-refractivity contribution in [2.24, 2.45) is 0 Å². The number of benzene rings is 1. The van der Waals surface area contributed by atoms with Gasteiger partial charge in [0.25, 0.3) is 11.8 Å². The van der Waals surface area contributed by atoms with Gasteiger partial charge in [-0.2, -0.15) is 0 Å². The molecule has 1 saturated heterocycles.